The van der Waals surface area contributed by atoms with E-state index in [9.17, 15) is 8.42 Å². The van der Waals surface area contributed by atoms with Gasteiger partial charge in [0.05, 0.1) is 4.90 Å². The first-order valence-corrected chi connectivity index (χ1v) is 10.9. The van der Waals surface area contributed by atoms with Crippen LogP contribution in [0, 0.1) is 0 Å². The van der Waals surface area contributed by atoms with E-state index >= 15 is 0 Å². The van der Waals surface area contributed by atoms with E-state index in [1.54, 1.807) is 12.1 Å². The third-order valence-corrected chi connectivity index (χ3v) is 6.67. The van der Waals surface area contributed by atoms with Gasteiger partial charge in [0.1, 0.15) is 0 Å². The standard InChI is InChI=1S/C22H24N2O2S/c25-27(26,22-9-5-7-19-6-1-2-8-21(19)22)23-15-14-18-10-12-20(13-11-18)24-16-3-4-17-24/h1-2,5-13,23H,3-4,14-17H2. The number of hydrogen-bond acceptors (Lipinski definition) is 3. The van der Waals surface area contributed by atoms with E-state index in [-0.39, 0.29) is 0 Å². The maximum atomic E-state index is 12.7. The van der Waals surface area contributed by atoms with Gasteiger partial charge in [-0.3, -0.25) is 0 Å². The molecular weight excluding hydrogens is 356 g/mol. The summed E-state index contributed by atoms with van der Waals surface area (Å²) in [5, 5.41) is 1.68. The Bertz CT molecular complexity index is 1020. The van der Waals surface area contributed by atoms with Gasteiger partial charge in [0, 0.05) is 30.7 Å². The van der Waals surface area contributed by atoms with Crippen molar-refractivity contribution in [1.82, 2.24) is 4.72 Å². The number of sulfonamides is 1. The molecule has 0 atom stereocenters. The summed E-state index contributed by atoms with van der Waals surface area (Å²) < 4.78 is 28.2. The maximum absolute atomic E-state index is 12.7. The summed E-state index contributed by atoms with van der Waals surface area (Å²) in [5.41, 5.74) is 2.39. The molecule has 1 aliphatic heterocycles. The molecule has 4 nitrogen and oxygen atoms in total. The SMILES string of the molecule is O=S(=O)(NCCc1ccc(N2CCCC2)cc1)c1cccc2ccccc12. The molecule has 1 aliphatic rings. The molecule has 27 heavy (non-hydrogen) atoms. The van der Waals surface area contributed by atoms with Crippen molar-refractivity contribution in [2.75, 3.05) is 24.5 Å². The highest BCUT2D eigenvalue weighted by Gasteiger charge is 2.16. The lowest BCUT2D eigenvalue weighted by atomic mass is 10.1. The number of anilines is 1. The zero-order valence-corrected chi connectivity index (χ0v) is 16.1. The van der Waals surface area contributed by atoms with Gasteiger partial charge in [-0.1, -0.05) is 48.5 Å². The van der Waals surface area contributed by atoms with Crippen LogP contribution in [0.15, 0.2) is 71.6 Å². The molecule has 0 spiro atoms. The van der Waals surface area contributed by atoms with Gasteiger partial charge in [0.2, 0.25) is 10.0 Å². The van der Waals surface area contributed by atoms with Crippen LogP contribution in [0.3, 0.4) is 0 Å². The summed E-state index contributed by atoms with van der Waals surface area (Å²) in [7, 11) is -3.54. The van der Waals surface area contributed by atoms with Crippen molar-refractivity contribution in [2.24, 2.45) is 0 Å². The Kier molecular flexibility index (Phi) is 5.14. The molecule has 0 bridgehead atoms. The number of nitrogens with one attached hydrogen (secondary N) is 1. The number of hydrogen-bond donors (Lipinski definition) is 1. The summed E-state index contributed by atoms with van der Waals surface area (Å²) in [6.45, 7) is 2.64. The highest BCUT2D eigenvalue weighted by molar-refractivity contribution is 7.89. The second-order valence-electron chi connectivity index (χ2n) is 6.99. The van der Waals surface area contributed by atoms with Crippen LogP contribution in [-0.4, -0.2) is 28.1 Å². The highest BCUT2D eigenvalue weighted by Crippen LogP contribution is 2.23. The Hall–Kier alpha value is -2.37. The van der Waals surface area contributed by atoms with Crippen molar-refractivity contribution < 1.29 is 8.42 Å². The lowest BCUT2D eigenvalue weighted by Crippen LogP contribution is -2.26. The second-order valence-corrected chi connectivity index (χ2v) is 8.72. The maximum Gasteiger partial charge on any atom is 0.241 e. The minimum atomic E-state index is -3.54. The Balaban J connectivity index is 1.42. The van der Waals surface area contributed by atoms with E-state index in [1.807, 2.05) is 30.3 Å². The normalized spacial score (nSPS) is 14.7. The number of nitrogens with zero attached hydrogens (tertiary/aromatic N) is 1. The zero-order chi connectivity index (χ0) is 18.7. The third kappa shape index (κ3) is 3.99. The number of benzene rings is 3. The monoisotopic (exact) mass is 380 g/mol. The summed E-state index contributed by atoms with van der Waals surface area (Å²) in [6, 6.07) is 21.4. The molecular formula is C22H24N2O2S. The average molecular weight is 381 g/mol. The summed E-state index contributed by atoms with van der Waals surface area (Å²) in [6.07, 6.45) is 3.19. The van der Waals surface area contributed by atoms with E-state index in [1.165, 1.54) is 18.5 Å². The van der Waals surface area contributed by atoms with Gasteiger partial charge in [0.25, 0.3) is 0 Å². The molecule has 0 radical (unpaired) electrons. The molecule has 1 heterocycles. The summed E-state index contributed by atoms with van der Waals surface area (Å²) >= 11 is 0. The molecule has 140 valence electrons. The lowest BCUT2D eigenvalue weighted by molar-refractivity contribution is 0.582. The van der Waals surface area contributed by atoms with Crippen molar-refractivity contribution in [1.29, 1.82) is 0 Å². The molecule has 1 N–H and O–H groups in total. The van der Waals surface area contributed by atoms with E-state index < -0.39 is 10.0 Å². The molecule has 1 fully saturated rings. The zero-order valence-electron chi connectivity index (χ0n) is 15.3. The fourth-order valence-corrected chi connectivity index (χ4v) is 4.95. The third-order valence-electron chi connectivity index (χ3n) is 5.15. The van der Waals surface area contributed by atoms with E-state index in [4.69, 9.17) is 0 Å². The van der Waals surface area contributed by atoms with E-state index in [2.05, 4.69) is 33.9 Å². The van der Waals surface area contributed by atoms with Crippen LogP contribution in [0.25, 0.3) is 10.8 Å². The molecule has 3 aromatic rings. The molecule has 4 rings (SSSR count). The fourth-order valence-electron chi connectivity index (χ4n) is 3.69. The van der Waals surface area contributed by atoms with Crippen molar-refractivity contribution in [2.45, 2.75) is 24.2 Å². The van der Waals surface area contributed by atoms with Gasteiger partial charge in [-0.15, -0.1) is 0 Å². The Morgan fingerprint density at radius 1 is 0.852 bits per heavy atom. The van der Waals surface area contributed by atoms with Crippen molar-refractivity contribution in [3.8, 4) is 0 Å². The molecule has 0 aliphatic carbocycles. The van der Waals surface area contributed by atoms with Gasteiger partial charge in [-0.2, -0.15) is 0 Å². The quantitative estimate of drug-likeness (QED) is 0.704. The Morgan fingerprint density at radius 2 is 1.56 bits per heavy atom. The first kappa shape index (κ1) is 18.0. The number of rotatable bonds is 6. The topological polar surface area (TPSA) is 49.4 Å². The highest BCUT2D eigenvalue weighted by atomic mass is 32.2. The van der Waals surface area contributed by atoms with Gasteiger partial charge in [0.15, 0.2) is 0 Å². The van der Waals surface area contributed by atoms with Crippen molar-refractivity contribution in [3.05, 3.63) is 72.3 Å². The van der Waals surface area contributed by atoms with Crippen LogP contribution in [0.5, 0.6) is 0 Å². The predicted octanol–water partition coefficient (Wildman–Crippen LogP) is 3.96. The molecule has 0 aromatic heterocycles. The minimum absolute atomic E-state index is 0.338. The van der Waals surface area contributed by atoms with E-state index in [0.717, 1.165) is 29.4 Å². The van der Waals surface area contributed by atoms with Crippen molar-refractivity contribution in [3.63, 3.8) is 0 Å². The molecule has 0 unspecified atom stereocenters. The first-order chi connectivity index (χ1) is 13.1. The first-order valence-electron chi connectivity index (χ1n) is 9.45. The van der Waals surface area contributed by atoms with Crippen LogP contribution in [-0.2, 0) is 16.4 Å². The second kappa shape index (κ2) is 7.71. The van der Waals surface area contributed by atoms with Gasteiger partial charge in [-0.25, -0.2) is 13.1 Å². The summed E-state index contributed by atoms with van der Waals surface area (Å²) in [4.78, 5) is 2.73. The molecule has 0 saturated carbocycles. The van der Waals surface area contributed by atoms with Crippen LogP contribution in [0.2, 0.25) is 0 Å². The Labute approximate surface area is 160 Å². The minimum Gasteiger partial charge on any atom is -0.372 e. The largest absolute Gasteiger partial charge is 0.372 e. The molecule has 0 amide bonds. The fraction of sp³-hybridized carbons (Fsp3) is 0.273. The van der Waals surface area contributed by atoms with Crippen LogP contribution in [0.1, 0.15) is 18.4 Å². The van der Waals surface area contributed by atoms with Crippen LogP contribution < -0.4 is 9.62 Å². The van der Waals surface area contributed by atoms with Crippen LogP contribution >= 0.6 is 0 Å². The smallest absolute Gasteiger partial charge is 0.241 e. The van der Waals surface area contributed by atoms with Gasteiger partial charge < -0.3 is 4.90 Å². The van der Waals surface area contributed by atoms with Gasteiger partial charge in [-0.05, 0) is 48.4 Å². The Morgan fingerprint density at radius 3 is 2.33 bits per heavy atom. The molecule has 1 saturated heterocycles. The van der Waals surface area contributed by atoms with Crippen LogP contribution in [0.4, 0.5) is 5.69 Å². The molecule has 3 aromatic carbocycles. The average Bonchev–Trinajstić information content (AvgIpc) is 3.23. The van der Waals surface area contributed by atoms with E-state index in [0.29, 0.717) is 17.9 Å². The molecule has 5 heteroatoms. The lowest BCUT2D eigenvalue weighted by Gasteiger charge is -2.17. The number of fused-ring (bicyclic) bond motifs is 1. The van der Waals surface area contributed by atoms with Crippen molar-refractivity contribution >= 4 is 26.5 Å². The van der Waals surface area contributed by atoms with Gasteiger partial charge >= 0.3 is 0 Å². The summed E-state index contributed by atoms with van der Waals surface area (Å²) in [5.74, 6) is 0. The predicted molar refractivity (Wildman–Crippen MR) is 111 cm³/mol.